The quantitative estimate of drug-likeness (QED) is 0.832. The van der Waals surface area contributed by atoms with E-state index in [0.717, 1.165) is 6.07 Å². The van der Waals surface area contributed by atoms with Crippen LogP contribution in [0.5, 0.6) is 5.75 Å². The first-order valence-electron chi connectivity index (χ1n) is 5.07. The SMILES string of the molecule is CCOc1ccc(Br)cc1C(O)C(F)(F)C(F)F. The van der Waals surface area contributed by atoms with Gasteiger partial charge in [0.2, 0.25) is 0 Å². The van der Waals surface area contributed by atoms with E-state index in [4.69, 9.17) is 4.74 Å². The summed E-state index contributed by atoms with van der Waals surface area (Å²) in [6, 6.07) is 3.96. The molecule has 18 heavy (non-hydrogen) atoms. The van der Waals surface area contributed by atoms with Crippen molar-refractivity contribution in [3.05, 3.63) is 28.2 Å². The van der Waals surface area contributed by atoms with Gasteiger partial charge in [-0.2, -0.15) is 8.78 Å². The molecule has 2 nitrogen and oxygen atoms in total. The Morgan fingerprint density at radius 3 is 2.50 bits per heavy atom. The van der Waals surface area contributed by atoms with Crippen molar-refractivity contribution in [1.82, 2.24) is 0 Å². The van der Waals surface area contributed by atoms with Crippen LogP contribution in [0.25, 0.3) is 0 Å². The van der Waals surface area contributed by atoms with Gasteiger partial charge in [0.15, 0.2) is 6.10 Å². The fourth-order valence-electron chi connectivity index (χ4n) is 1.35. The second-order valence-electron chi connectivity index (χ2n) is 3.49. The van der Waals surface area contributed by atoms with E-state index in [1.54, 1.807) is 6.92 Å². The summed E-state index contributed by atoms with van der Waals surface area (Å²) in [5, 5.41) is 9.42. The average molecular weight is 331 g/mol. The third-order valence-electron chi connectivity index (χ3n) is 2.22. The molecule has 0 heterocycles. The van der Waals surface area contributed by atoms with E-state index in [0.29, 0.717) is 4.47 Å². The summed E-state index contributed by atoms with van der Waals surface area (Å²) in [5.74, 6) is -4.58. The molecule has 0 aliphatic carbocycles. The molecule has 1 unspecified atom stereocenters. The van der Waals surface area contributed by atoms with Crippen molar-refractivity contribution in [2.75, 3.05) is 6.61 Å². The third kappa shape index (κ3) is 3.14. The number of halogens is 5. The highest BCUT2D eigenvalue weighted by Gasteiger charge is 2.49. The van der Waals surface area contributed by atoms with E-state index >= 15 is 0 Å². The van der Waals surface area contributed by atoms with Gasteiger partial charge in [-0.15, -0.1) is 0 Å². The highest BCUT2D eigenvalue weighted by molar-refractivity contribution is 9.10. The normalized spacial score (nSPS) is 13.8. The zero-order chi connectivity index (χ0) is 13.9. The molecule has 1 aromatic carbocycles. The summed E-state index contributed by atoms with van der Waals surface area (Å²) in [5.41, 5.74) is -0.378. The fourth-order valence-corrected chi connectivity index (χ4v) is 1.73. The van der Waals surface area contributed by atoms with E-state index in [-0.39, 0.29) is 17.9 Å². The molecule has 0 aliphatic heterocycles. The van der Waals surface area contributed by atoms with Crippen molar-refractivity contribution in [2.45, 2.75) is 25.4 Å². The summed E-state index contributed by atoms with van der Waals surface area (Å²) >= 11 is 3.02. The summed E-state index contributed by atoms with van der Waals surface area (Å²) in [6.07, 6.45) is -6.59. The van der Waals surface area contributed by atoms with Gasteiger partial charge in [-0.3, -0.25) is 0 Å². The van der Waals surface area contributed by atoms with Crippen LogP contribution in [0.4, 0.5) is 17.6 Å². The molecule has 0 radical (unpaired) electrons. The Morgan fingerprint density at radius 1 is 1.39 bits per heavy atom. The Balaban J connectivity index is 3.18. The number of ether oxygens (including phenoxy) is 1. The smallest absolute Gasteiger partial charge is 0.336 e. The van der Waals surface area contributed by atoms with Crippen LogP contribution in [0.3, 0.4) is 0 Å². The molecule has 0 saturated heterocycles. The van der Waals surface area contributed by atoms with Gasteiger partial charge in [0.05, 0.1) is 6.61 Å². The van der Waals surface area contributed by atoms with E-state index in [1.807, 2.05) is 0 Å². The maximum absolute atomic E-state index is 13.1. The summed E-state index contributed by atoms with van der Waals surface area (Å²) in [6.45, 7) is 1.78. The fraction of sp³-hybridized carbons (Fsp3) is 0.455. The van der Waals surface area contributed by atoms with Crippen molar-refractivity contribution in [2.24, 2.45) is 0 Å². The van der Waals surface area contributed by atoms with Crippen LogP contribution in [0.2, 0.25) is 0 Å². The Hall–Kier alpha value is -0.820. The molecule has 0 fully saturated rings. The first-order chi connectivity index (χ1) is 8.30. The minimum absolute atomic E-state index is 0.0477. The lowest BCUT2D eigenvalue weighted by Gasteiger charge is -2.23. The van der Waals surface area contributed by atoms with Crippen LogP contribution in [-0.4, -0.2) is 24.1 Å². The lowest BCUT2D eigenvalue weighted by molar-refractivity contribution is -0.194. The van der Waals surface area contributed by atoms with Gasteiger partial charge in [0.1, 0.15) is 5.75 Å². The summed E-state index contributed by atoms with van der Waals surface area (Å²) < 4.78 is 56.0. The Kier molecular flexibility index (Phi) is 4.98. The Morgan fingerprint density at radius 2 is 2.00 bits per heavy atom. The number of aliphatic hydroxyl groups is 1. The number of rotatable bonds is 5. The lowest BCUT2D eigenvalue weighted by atomic mass is 10.0. The second-order valence-corrected chi connectivity index (χ2v) is 4.41. The highest BCUT2D eigenvalue weighted by Crippen LogP contribution is 2.40. The highest BCUT2D eigenvalue weighted by atomic mass is 79.9. The van der Waals surface area contributed by atoms with Gasteiger partial charge < -0.3 is 9.84 Å². The third-order valence-corrected chi connectivity index (χ3v) is 2.72. The number of alkyl halides is 4. The van der Waals surface area contributed by atoms with Gasteiger partial charge in [-0.25, -0.2) is 8.78 Å². The van der Waals surface area contributed by atoms with Gasteiger partial charge in [-0.05, 0) is 25.1 Å². The molecule has 102 valence electrons. The molecule has 1 N–H and O–H groups in total. The predicted octanol–water partition coefficient (Wildman–Crippen LogP) is 3.78. The molecular weight excluding hydrogens is 320 g/mol. The number of aliphatic hydroxyl groups excluding tert-OH is 1. The van der Waals surface area contributed by atoms with E-state index in [1.165, 1.54) is 12.1 Å². The molecular formula is C11H11BrF4O2. The first kappa shape index (κ1) is 15.2. The van der Waals surface area contributed by atoms with Gasteiger partial charge >= 0.3 is 12.3 Å². The largest absolute Gasteiger partial charge is 0.493 e. The van der Waals surface area contributed by atoms with Crippen molar-refractivity contribution < 1.29 is 27.4 Å². The maximum Gasteiger partial charge on any atom is 0.336 e. The van der Waals surface area contributed by atoms with Crippen LogP contribution in [0, 0.1) is 0 Å². The number of benzene rings is 1. The van der Waals surface area contributed by atoms with E-state index < -0.39 is 18.5 Å². The predicted molar refractivity (Wildman–Crippen MR) is 61.2 cm³/mol. The van der Waals surface area contributed by atoms with Gasteiger partial charge in [0, 0.05) is 10.0 Å². The van der Waals surface area contributed by atoms with Gasteiger partial charge in [0.25, 0.3) is 0 Å². The minimum Gasteiger partial charge on any atom is -0.493 e. The molecule has 7 heteroatoms. The van der Waals surface area contributed by atoms with Crippen molar-refractivity contribution in [3.8, 4) is 5.75 Å². The van der Waals surface area contributed by atoms with Gasteiger partial charge in [-0.1, -0.05) is 15.9 Å². The van der Waals surface area contributed by atoms with E-state index in [2.05, 4.69) is 15.9 Å². The van der Waals surface area contributed by atoms with Crippen LogP contribution in [0.15, 0.2) is 22.7 Å². The molecule has 0 saturated carbocycles. The summed E-state index contributed by atoms with van der Waals surface area (Å²) in [7, 11) is 0. The molecule has 0 bridgehead atoms. The van der Waals surface area contributed by atoms with Crippen molar-refractivity contribution >= 4 is 15.9 Å². The molecule has 0 aliphatic rings. The Labute approximate surface area is 110 Å². The first-order valence-corrected chi connectivity index (χ1v) is 5.86. The standard InChI is InChI=1S/C11H11BrF4O2/c1-2-18-8-4-3-6(12)5-7(8)9(17)11(15,16)10(13)14/h3-5,9-10,17H,2H2,1H3. The monoisotopic (exact) mass is 330 g/mol. The summed E-state index contributed by atoms with van der Waals surface area (Å²) in [4.78, 5) is 0. The zero-order valence-corrected chi connectivity index (χ0v) is 10.9. The van der Waals surface area contributed by atoms with E-state index in [9.17, 15) is 22.7 Å². The van der Waals surface area contributed by atoms with Crippen molar-refractivity contribution in [1.29, 1.82) is 0 Å². The zero-order valence-electron chi connectivity index (χ0n) is 9.34. The molecule has 1 rings (SSSR count). The lowest BCUT2D eigenvalue weighted by Crippen LogP contribution is -2.34. The van der Waals surface area contributed by atoms with Crippen LogP contribution >= 0.6 is 15.9 Å². The number of hydrogen-bond donors (Lipinski definition) is 1. The Bertz CT molecular complexity index is 412. The van der Waals surface area contributed by atoms with Crippen LogP contribution in [-0.2, 0) is 0 Å². The van der Waals surface area contributed by atoms with Crippen LogP contribution < -0.4 is 4.74 Å². The molecule has 0 spiro atoms. The molecule has 0 amide bonds. The number of hydrogen-bond acceptors (Lipinski definition) is 2. The maximum atomic E-state index is 13.1. The molecule has 1 aromatic rings. The molecule has 1 atom stereocenters. The minimum atomic E-state index is -4.54. The van der Waals surface area contributed by atoms with Crippen LogP contribution in [0.1, 0.15) is 18.6 Å². The topological polar surface area (TPSA) is 29.5 Å². The average Bonchev–Trinajstić information content (AvgIpc) is 2.30. The second kappa shape index (κ2) is 5.88. The van der Waals surface area contributed by atoms with Crippen molar-refractivity contribution in [3.63, 3.8) is 0 Å². The molecule has 0 aromatic heterocycles.